The van der Waals surface area contributed by atoms with E-state index in [2.05, 4.69) is 35.5 Å². The highest BCUT2D eigenvalue weighted by Crippen LogP contribution is 2.36. The topological polar surface area (TPSA) is 29.9 Å². The molecule has 1 aromatic heterocycles. The molecule has 1 unspecified atom stereocenters. The van der Waals surface area contributed by atoms with Crippen molar-refractivity contribution in [2.24, 2.45) is 0 Å². The minimum absolute atomic E-state index is 0.238. The number of rotatable bonds is 2. The highest BCUT2D eigenvalue weighted by molar-refractivity contribution is 6.31. The standard InChI is InChI=1S/C13H14ClN3/c1-2-17-13(10(14)8-15-17)12-7-9-5-3-4-6-11(9)16-12/h3-6,8,12,16H,2,7H2,1H3. The van der Waals surface area contributed by atoms with Gasteiger partial charge in [-0.1, -0.05) is 29.8 Å². The number of hydrogen-bond acceptors (Lipinski definition) is 2. The van der Waals surface area contributed by atoms with Gasteiger partial charge in [0.15, 0.2) is 0 Å². The van der Waals surface area contributed by atoms with Crippen LogP contribution >= 0.6 is 11.6 Å². The molecule has 1 atom stereocenters. The Bertz CT molecular complexity index is 522. The summed E-state index contributed by atoms with van der Waals surface area (Å²) in [4.78, 5) is 0. The lowest BCUT2D eigenvalue weighted by atomic mass is 10.1. The van der Waals surface area contributed by atoms with Crippen LogP contribution in [-0.2, 0) is 13.0 Å². The molecule has 0 spiro atoms. The molecule has 1 aliphatic heterocycles. The Balaban J connectivity index is 1.96. The summed E-state index contributed by atoms with van der Waals surface area (Å²) in [6.45, 7) is 2.92. The van der Waals surface area contributed by atoms with Crippen molar-refractivity contribution in [2.75, 3.05) is 5.32 Å². The Morgan fingerprint density at radius 2 is 2.29 bits per heavy atom. The van der Waals surface area contributed by atoms with E-state index >= 15 is 0 Å². The maximum atomic E-state index is 6.22. The fourth-order valence-electron chi connectivity index (χ4n) is 2.43. The van der Waals surface area contributed by atoms with Crippen LogP contribution in [0.1, 0.15) is 24.2 Å². The molecule has 17 heavy (non-hydrogen) atoms. The predicted octanol–water partition coefficient (Wildman–Crippen LogP) is 3.27. The molecule has 0 fully saturated rings. The van der Waals surface area contributed by atoms with E-state index in [0.29, 0.717) is 0 Å². The molecular weight excluding hydrogens is 234 g/mol. The van der Waals surface area contributed by atoms with Crippen molar-refractivity contribution in [3.63, 3.8) is 0 Å². The van der Waals surface area contributed by atoms with E-state index < -0.39 is 0 Å². The summed E-state index contributed by atoms with van der Waals surface area (Å²) in [5, 5.41) is 8.54. The van der Waals surface area contributed by atoms with Crippen LogP contribution in [0, 0.1) is 0 Å². The van der Waals surface area contributed by atoms with Crippen LogP contribution in [0.2, 0.25) is 5.02 Å². The fraction of sp³-hybridized carbons (Fsp3) is 0.308. The maximum absolute atomic E-state index is 6.22. The third-order valence-corrected chi connectivity index (χ3v) is 3.53. The third-order valence-electron chi connectivity index (χ3n) is 3.23. The molecule has 0 radical (unpaired) electrons. The van der Waals surface area contributed by atoms with E-state index in [-0.39, 0.29) is 6.04 Å². The molecule has 3 nitrogen and oxygen atoms in total. The number of anilines is 1. The van der Waals surface area contributed by atoms with Gasteiger partial charge in [-0.05, 0) is 18.6 Å². The second kappa shape index (κ2) is 4.08. The number of para-hydroxylation sites is 1. The van der Waals surface area contributed by atoms with Gasteiger partial charge in [0, 0.05) is 18.7 Å². The Morgan fingerprint density at radius 3 is 3.06 bits per heavy atom. The summed E-state index contributed by atoms with van der Waals surface area (Å²) < 4.78 is 1.96. The molecular formula is C13H14ClN3. The lowest BCUT2D eigenvalue weighted by molar-refractivity contribution is 0.593. The van der Waals surface area contributed by atoms with Gasteiger partial charge in [0.2, 0.25) is 0 Å². The van der Waals surface area contributed by atoms with Gasteiger partial charge in [0.05, 0.1) is 23.0 Å². The van der Waals surface area contributed by atoms with Crippen molar-refractivity contribution in [3.8, 4) is 0 Å². The van der Waals surface area contributed by atoms with Crippen LogP contribution in [0.25, 0.3) is 0 Å². The SMILES string of the molecule is CCn1ncc(Cl)c1C1Cc2ccccc2N1. The number of benzene rings is 1. The summed E-state index contributed by atoms with van der Waals surface area (Å²) in [5.41, 5.74) is 3.64. The Hall–Kier alpha value is -1.48. The molecule has 1 aliphatic rings. The first kappa shape index (κ1) is 10.7. The largest absolute Gasteiger partial charge is 0.376 e. The second-order valence-electron chi connectivity index (χ2n) is 4.25. The van der Waals surface area contributed by atoms with Gasteiger partial charge in [-0.3, -0.25) is 4.68 Å². The molecule has 2 aromatic rings. The van der Waals surface area contributed by atoms with Gasteiger partial charge in [0.25, 0.3) is 0 Å². The normalized spacial score (nSPS) is 17.9. The molecule has 4 heteroatoms. The molecule has 0 saturated heterocycles. The average Bonchev–Trinajstić information content (AvgIpc) is 2.91. The van der Waals surface area contributed by atoms with Crippen molar-refractivity contribution < 1.29 is 0 Å². The molecule has 1 aromatic carbocycles. The van der Waals surface area contributed by atoms with Gasteiger partial charge in [0.1, 0.15) is 0 Å². The molecule has 3 rings (SSSR count). The first-order chi connectivity index (χ1) is 8.29. The van der Waals surface area contributed by atoms with Gasteiger partial charge < -0.3 is 5.32 Å². The van der Waals surface area contributed by atoms with Crippen LogP contribution in [0.4, 0.5) is 5.69 Å². The van der Waals surface area contributed by atoms with Gasteiger partial charge in [-0.2, -0.15) is 5.10 Å². The van der Waals surface area contributed by atoms with Crippen molar-refractivity contribution in [1.82, 2.24) is 9.78 Å². The number of hydrogen-bond donors (Lipinski definition) is 1. The van der Waals surface area contributed by atoms with E-state index in [0.717, 1.165) is 23.7 Å². The third kappa shape index (κ3) is 1.71. The first-order valence-corrected chi connectivity index (χ1v) is 6.23. The van der Waals surface area contributed by atoms with E-state index in [4.69, 9.17) is 11.6 Å². The summed E-state index contributed by atoms with van der Waals surface area (Å²) in [7, 11) is 0. The lowest BCUT2D eigenvalue weighted by Crippen LogP contribution is -2.13. The number of nitrogens with one attached hydrogen (secondary N) is 1. The average molecular weight is 248 g/mol. The number of fused-ring (bicyclic) bond motifs is 1. The smallest absolute Gasteiger partial charge is 0.0839 e. The number of nitrogens with zero attached hydrogens (tertiary/aromatic N) is 2. The molecule has 88 valence electrons. The summed E-state index contributed by atoms with van der Waals surface area (Å²) in [5.74, 6) is 0. The minimum Gasteiger partial charge on any atom is -0.376 e. The van der Waals surface area contributed by atoms with Crippen LogP contribution in [-0.4, -0.2) is 9.78 Å². The Kier molecular flexibility index (Phi) is 2.56. The number of halogens is 1. The number of aromatic nitrogens is 2. The molecule has 0 amide bonds. The second-order valence-corrected chi connectivity index (χ2v) is 4.66. The van der Waals surface area contributed by atoms with E-state index in [1.807, 2.05) is 10.7 Å². The Morgan fingerprint density at radius 1 is 1.47 bits per heavy atom. The van der Waals surface area contributed by atoms with Crippen LogP contribution in [0.5, 0.6) is 0 Å². The van der Waals surface area contributed by atoms with Crippen molar-refractivity contribution in [2.45, 2.75) is 25.9 Å². The zero-order valence-corrected chi connectivity index (χ0v) is 10.4. The van der Waals surface area contributed by atoms with Crippen molar-refractivity contribution in [3.05, 3.63) is 46.7 Å². The summed E-state index contributed by atoms with van der Waals surface area (Å²) in [6, 6.07) is 8.62. The van der Waals surface area contributed by atoms with Gasteiger partial charge in [-0.15, -0.1) is 0 Å². The maximum Gasteiger partial charge on any atom is 0.0839 e. The fourth-order valence-corrected chi connectivity index (χ4v) is 2.71. The summed E-state index contributed by atoms with van der Waals surface area (Å²) in [6.07, 6.45) is 2.70. The molecule has 1 N–H and O–H groups in total. The van der Waals surface area contributed by atoms with Crippen LogP contribution in [0.3, 0.4) is 0 Å². The first-order valence-electron chi connectivity index (χ1n) is 5.85. The zero-order valence-electron chi connectivity index (χ0n) is 9.65. The van der Waals surface area contributed by atoms with E-state index in [1.165, 1.54) is 11.3 Å². The molecule has 0 aliphatic carbocycles. The van der Waals surface area contributed by atoms with Gasteiger partial charge in [-0.25, -0.2) is 0 Å². The van der Waals surface area contributed by atoms with E-state index in [1.54, 1.807) is 6.20 Å². The number of aryl methyl sites for hydroxylation is 1. The zero-order chi connectivity index (χ0) is 11.8. The van der Waals surface area contributed by atoms with Crippen LogP contribution < -0.4 is 5.32 Å². The quantitative estimate of drug-likeness (QED) is 0.883. The van der Waals surface area contributed by atoms with Crippen molar-refractivity contribution >= 4 is 17.3 Å². The lowest BCUT2D eigenvalue weighted by Gasteiger charge is -2.13. The monoisotopic (exact) mass is 247 g/mol. The summed E-state index contributed by atoms with van der Waals surface area (Å²) >= 11 is 6.22. The minimum atomic E-state index is 0.238. The van der Waals surface area contributed by atoms with Crippen molar-refractivity contribution in [1.29, 1.82) is 0 Å². The van der Waals surface area contributed by atoms with Crippen LogP contribution in [0.15, 0.2) is 30.5 Å². The Labute approximate surface area is 105 Å². The molecule has 2 heterocycles. The highest BCUT2D eigenvalue weighted by Gasteiger charge is 2.26. The molecule has 0 saturated carbocycles. The van der Waals surface area contributed by atoms with Gasteiger partial charge >= 0.3 is 0 Å². The van der Waals surface area contributed by atoms with E-state index in [9.17, 15) is 0 Å². The molecule has 0 bridgehead atoms. The highest BCUT2D eigenvalue weighted by atomic mass is 35.5. The predicted molar refractivity (Wildman–Crippen MR) is 69.4 cm³/mol.